The molecule has 2 atom stereocenters. The van der Waals surface area contributed by atoms with E-state index in [1.54, 1.807) is 0 Å². The molecule has 5 aliphatic heterocycles. The Morgan fingerprint density at radius 1 is 0.385 bits per heavy atom. The van der Waals surface area contributed by atoms with Crippen molar-refractivity contribution in [3.63, 3.8) is 0 Å². The van der Waals surface area contributed by atoms with Crippen LogP contribution in [0.1, 0.15) is 103 Å². The van der Waals surface area contributed by atoms with E-state index >= 15 is 0 Å². The molecule has 18 rings (SSSR count). The number of rotatable bonds is 5. The highest BCUT2D eigenvalue weighted by atomic mass is 16.5. The molecule has 0 aromatic heterocycles. The lowest BCUT2D eigenvalue weighted by Crippen LogP contribution is -2.63. The number of benzene rings is 10. The summed E-state index contributed by atoms with van der Waals surface area (Å²) in [6, 6.07) is 79.7. The van der Waals surface area contributed by atoms with E-state index in [-0.39, 0.29) is 41.0 Å². The van der Waals surface area contributed by atoms with E-state index in [9.17, 15) is 0 Å². The molecule has 91 heavy (non-hydrogen) atoms. The van der Waals surface area contributed by atoms with Crippen LogP contribution in [0.5, 0.6) is 23.0 Å². The molecule has 0 radical (unpaired) electrons. The molecule has 442 valence electrons. The average Bonchev–Trinajstić information content (AvgIpc) is 0.754. The third-order valence-electron chi connectivity index (χ3n) is 22.1. The summed E-state index contributed by atoms with van der Waals surface area (Å²) in [7, 11) is 0. The number of ether oxygens (including phenoxy) is 2. The van der Waals surface area contributed by atoms with Gasteiger partial charge in [-0.25, -0.2) is 0 Å². The van der Waals surface area contributed by atoms with Crippen LogP contribution in [-0.2, 0) is 21.7 Å². The maximum atomic E-state index is 7.68. The molecule has 0 N–H and O–H groups in total. The van der Waals surface area contributed by atoms with Crippen LogP contribution in [0.25, 0.3) is 0 Å². The molecular formula is C83H72B2N4O2. The lowest BCUT2D eigenvalue weighted by atomic mass is 9.31. The monoisotopic (exact) mass is 1180 g/mol. The van der Waals surface area contributed by atoms with Crippen LogP contribution in [0.15, 0.2) is 248 Å². The fourth-order valence-electron chi connectivity index (χ4n) is 17.3. The molecule has 0 spiro atoms. The molecular weight excluding hydrogens is 1110 g/mol. The lowest BCUT2D eigenvalue weighted by molar-refractivity contribution is 0.285. The number of allylic oxidation sites excluding steroid dienone is 5. The Morgan fingerprint density at radius 3 is 1.52 bits per heavy atom. The van der Waals surface area contributed by atoms with Gasteiger partial charge in [-0.2, -0.15) is 0 Å². The molecule has 10 aromatic rings. The summed E-state index contributed by atoms with van der Waals surface area (Å²) < 4.78 is 15.3. The van der Waals surface area contributed by atoms with Crippen LogP contribution in [0.2, 0.25) is 0 Å². The minimum Gasteiger partial charge on any atom is -0.458 e. The van der Waals surface area contributed by atoms with Gasteiger partial charge in [0.2, 0.25) is 0 Å². The maximum absolute atomic E-state index is 7.68. The summed E-state index contributed by atoms with van der Waals surface area (Å²) in [4.78, 5) is 9.91. The smallest absolute Gasteiger partial charge is 0.256 e. The van der Waals surface area contributed by atoms with Gasteiger partial charge in [0.25, 0.3) is 13.4 Å². The van der Waals surface area contributed by atoms with Crippen molar-refractivity contribution >= 4 is 109 Å². The van der Waals surface area contributed by atoms with Gasteiger partial charge in [-0.05, 0) is 212 Å². The lowest BCUT2D eigenvalue weighted by Gasteiger charge is -2.46. The fourth-order valence-corrected chi connectivity index (χ4v) is 17.3. The SMILES string of the molecule is CC1(C)CCC(C)(C)c2cc(N3c4ccccc4B4c5cc6c(cc5Oc5cc(N(c7ccccc7)c7ccccc7)cc3c54)Oc3cc4cc5c3B6c3ccccc3N5c3ccc5c(c3)C(C)(CCC5(C)C)CC3C=CC=C(C=C3)N4c3ccccc3)ccc21. The van der Waals surface area contributed by atoms with Crippen molar-refractivity contribution in [1.82, 2.24) is 0 Å². The molecule has 3 aliphatic carbocycles. The van der Waals surface area contributed by atoms with Crippen LogP contribution in [0.3, 0.4) is 0 Å². The molecule has 6 nitrogen and oxygen atoms in total. The topological polar surface area (TPSA) is 31.4 Å². The van der Waals surface area contributed by atoms with Crippen molar-refractivity contribution in [3.05, 3.63) is 271 Å². The van der Waals surface area contributed by atoms with Crippen LogP contribution in [0, 0.1) is 5.92 Å². The maximum Gasteiger partial charge on any atom is 0.256 e. The van der Waals surface area contributed by atoms with Gasteiger partial charge in [0.1, 0.15) is 23.0 Å². The molecule has 6 bridgehead atoms. The summed E-state index contributed by atoms with van der Waals surface area (Å²) in [6.07, 6.45) is 17.4. The second-order valence-electron chi connectivity index (χ2n) is 29.1. The summed E-state index contributed by atoms with van der Waals surface area (Å²) in [5.74, 6) is 3.53. The zero-order valence-corrected chi connectivity index (χ0v) is 53.0. The number of nitrogens with zero attached hydrogens (tertiary/aromatic N) is 4. The first kappa shape index (κ1) is 54.3. The van der Waals surface area contributed by atoms with E-state index in [1.165, 1.54) is 55.7 Å². The first-order valence-electron chi connectivity index (χ1n) is 33.0. The quantitative estimate of drug-likeness (QED) is 0.160. The fraction of sp³-hybridized carbons (Fsp3) is 0.205. The van der Waals surface area contributed by atoms with Gasteiger partial charge in [-0.1, -0.05) is 176 Å². The number of fused-ring (bicyclic) bond motifs is 15. The van der Waals surface area contributed by atoms with Crippen molar-refractivity contribution in [1.29, 1.82) is 0 Å². The zero-order valence-electron chi connectivity index (χ0n) is 53.0. The molecule has 0 saturated heterocycles. The van der Waals surface area contributed by atoms with Crippen molar-refractivity contribution in [2.75, 3.05) is 19.6 Å². The van der Waals surface area contributed by atoms with Crippen LogP contribution < -0.4 is 61.9 Å². The average molecular weight is 1180 g/mol. The Morgan fingerprint density at radius 2 is 0.901 bits per heavy atom. The Kier molecular flexibility index (Phi) is 11.7. The second-order valence-corrected chi connectivity index (χ2v) is 29.1. The highest BCUT2D eigenvalue weighted by Gasteiger charge is 2.49. The molecule has 8 aliphatic rings. The number of para-hydroxylation sites is 5. The predicted molar refractivity (Wildman–Crippen MR) is 381 cm³/mol. The largest absolute Gasteiger partial charge is 0.458 e. The molecule has 2 unspecified atom stereocenters. The normalized spacial score (nSPS) is 19.8. The van der Waals surface area contributed by atoms with Gasteiger partial charge in [-0.15, -0.1) is 0 Å². The van der Waals surface area contributed by atoms with Gasteiger partial charge >= 0.3 is 0 Å². The van der Waals surface area contributed by atoms with E-state index in [0.29, 0.717) is 0 Å². The molecule has 0 amide bonds. The second kappa shape index (κ2) is 19.7. The summed E-state index contributed by atoms with van der Waals surface area (Å²) in [5.41, 5.74) is 26.2. The molecule has 10 aromatic carbocycles. The number of anilines is 11. The Hall–Kier alpha value is -9.65. The van der Waals surface area contributed by atoms with Gasteiger partial charge < -0.3 is 29.1 Å². The van der Waals surface area contributed by atoms with E-state index in [4.69, 9.17) is 9.47 Å². The molecule has 0 saturated carbocycles. The summed E-state index contributed by atoms with van der Waals surface area (Å²) in [6.45, 7) is 16.8. The predicted octanol–water partition coefficient (Wildman–Crippen LogP) is 17.8. The van der Waals surface area contributed by atoms with Gasteiger partial charge in [-0.3, -0.25) is 0 Å². The van der Waals surface area contributed by atoms with Crippen LogP contribution >= 0.6 is 0 Å². The standard InChI is InChI=1S/C83H72B2N4O2/c1-80(2)40-41-82(5,6)64-44-58(36-38-62(64)80)88-70-32-19-17-30-66(70)84-68-50-69-75(51-74(68)90-76-48-60(46-72(88)78(76)84)86(54-23-11-8-12-24-54)55-25-13-9-14-26-55)91-77-49-61-47-73-79(77)85(69)67-31-18-20-33-71(67)89(73)59-37-39-63-65(45-59)83(7,43-42-81(63,3)4)52-53-22-21-29-57(35-34-53)87(61)56-27-15-10-16-28-56/h8-39,44-51,53H,40-43,52H2,1-7H3. The van der Waals surface area contributed by atoms with Crippen molar-refractivity contribution in [2.24, 2.45) is 5.92 Å². The zero-order chi connectivity index (χ0) is 61.3. The number of hydrogen-bond donors (Lipinski definition) is 0. The van der Waals surface area contributed by atoms with Gasteiger partial charge in [0, 0.05) is 75.1 Å². The molecule has 5 heterocycles. The van der Waals surface area contributed by atoms with Crippen LogP contribution in [-0.4, -0.2) is 13.4 Å². The third-order valence-corrected chi connectivity index (χ3v) is 22.1. The Balaban J connectivity index is 0.874. The minimum atomic E-state index is -0.171. The summed E-state index contributed by atoms with van der Waals surface area (Å²) in [5, 5.41) is 0. The van der Waals surface area contributed by atoms with Crippen molar-refractivity contribution < 1.29 is 9.47 Å². The van der Waals surface area contributed by atoms with Gasteiger partial charge in [0.15, 0.2) is 0 Å². The first-order valence-corrected chi connectivity index (χ1v) is 33.0. The van der Waals surface area contributed by atoms with Gasteiger partial charge in [0.05, 0.1) is 11.4 Å². The Labute approximate surface area is 536 Å². The van der Waals surface area contributed by atoms with E-state index in [1.807, 2.05) is 0 Å². The van der Waals surface area contributed by atoms with E-state index in [2.05, 4.69) is 311 Å². The Bertz CT molecular complexity index is 4760. The number of hydrogen-bond acceptors (Lipinski definition) is 6. The van der Waals surface area contributed by atoms with E-state index < -0.39 is 0 Å². The third kappa shape index (κ3) is 8.26. The van der Waals surface area contributed by atoms with Crippen molar-refractivity contribution in [3.8, 4) is 23.0 Å². The first-order chi connectivity index (χ1) is 44.2. The van der Waals surface area contributed by atoms with Crippen LogP contribution in [0.4, 0.5) is 62.6 Å². The minimum absolute atomic E-state index is 0.00826. The molecule has 0 fully saturated rings. The summed E-state index contributed by atoms with van der Waals surface area (Å²) >= 11 is 0. The highest BCUT2D eigenvalue weighted by Crippen LogP contribution is 2.55. The van der Waals surface area contributed by atoms with E-state index in [0.717, 1.165) is 123 Å². The highest BCUT2D eigenvalue weighted by molar-refractivity contribution is 7.02. The van der Waals surface area contributed by atoms with Crippen molar-refractivity contribution in [2.45, 2.75) is 102 Å². The molecule has 8 heteroatoms.